The van der Waals surface area contributed by atoms with Gasteiger partial charge in [0.25, 0.3) is 5.91 Å². The van der Waals surface area contributed by atoms with Crippen LogP contribution in [0, 0.1) is 5.41 Å². The molecule has 2 aliphatic heterocycles. The summed E-state index contributed by atoms with van der Waals surface area (Å²) >= 11 is 0. The molecule has 3 heterocycles. The fourth-order valence-electron chi connectivity index (χ4n) is 4.27. The number of hydrogen-bond acceptors (Lipinski definition) is 9. The second-order valence-electron chi connectivity index (χ2n) is 8.75. The molecule has 0 saturated carbocycles. The van der Waals surface area contributed by atoms with Gasteiger partial charge in [0.1, 0.15) is 24.2 Å². The molecule has 2 aromatic rings. The van der Waals surface area contributed by atoms with Crippen LogP contribution in [0.25, 0.3) is 0 Å². The van der Waals surface area contributed by atoms with E-state index in [9.17, 15) is 19.2 Å². The third kappa shape index (κ3) is 5.97. The van der Waals surface area contributed by atoms with Crippen molar-refractivity contribution in [3.63, 3.8) is 0 Å². The zero-order valence-electron chi connectivity index (χ0n) is 20.6. The Hall–Kier alpha value is -4.19. The highest BCUT2D eigenvalue weighted by Crippen LogP contribution is 2.23. The van der Waals surface area contributed by atoms with Crippen molar-refractivity contribution in [2.45, 2.75) is 26.0 Å². The lowest BCUT2D eigenvalue weighted by Gasteiger charge is -2.37. The van der Waals surface area contributed by atoms with E-state index in [1.165, 1.54) is 28.4 Å². The lowest BCUT2D eigenvalue weighted by atomic mass is 10.1. The number of furan rings is 1. The number of hydrogen-bond donors (Lipinski definition) is 2. The summed E-state index contributed by atoms with van der Waals surface area (Å²) in [5, 5.41) is 10.6. The van der Waals surface area contributed by atoms with Crippen LogP contribution in [0.5, 0.6) is 0 Å². The second kappa shape index (κ2) is 11.2. The topological polar surface area (TPSA) is 145 Å². The first-order chi connectivity index (χ1) is 17.8. The molecule has 12 nitrogen and oxygen atoms in total. The summed E-state index contributed by atoms with van der Waals surface area (Å²) in [6.45, 7) is 5.38. The zero-order chi connectivity index (χ0) is 26.5. The van der Waals surface area contributed by atoms with E-state index in [0.717, 1.165) is 0 Å². The molecule has 196 valence electrons. The fourth-order valence-corrected chi connectivity index (χ4v) is 4.27. The van der Waals surface area contributed by atoms with Crippen LogP contribution in [0.15, 0.2) is 47.3 Å². The Kier molecular flexibility index (Phi) is 7.87. The molecular weight excluding hydrogens is 482 g/mol. The Bertz CT molecular complexity index is 1160. The van der Waals surface area contributed by atoms with Crippen LogP contribution in [0.4, 0.5) is 10.5 Å². The van der Waals surface area contributed by atoms with Gasteiger partial charge in [-0.05, 0) is 44.2 Å². The largest absolute Gasteiger partial charge is 0.472 e. The van der Waals surface area contributed by atoms with Crippen LogP contribution < -0.4 is 10.2 Å². The van der Waals surface area contributed by atoms with Gasteiger partial charge in [-0.2, -0.15) is 0 Å². The number of piperazine rings is 1. The van der Waals surface area contributed by atoms with Gasteiger partial charge < -0.3 is 24.1 Å². The number of esters is 1. The molecule has 2 fully saturated rings. The minimum Gasteiger partial charge on any atom is -0.472 e. The molecule has 0 radical (unpaired) electrons. The van der Waals surface area contributed by atoms with Crippen molar-refractivity contribution in [1.29, 1.82) is 5.41 Å². The highest BCUT2D eigenvalue weighted by molar-refractivity contribution is 6.11. The van der Waals surface area contributed by atoms with E-state index in [2.05, 4.69) is 5.32 Å². The Morgan fingerprint density at radius 3 is 2.57 bits per heavy atom. The number of anilines is 1. The highest BCUT2D eigenvalue weighted by atomic mass is 16.6. The van der Waals surface area contributed by atoms with Gasteiger partial charge in [-0.1, -0.05) is 0 Å². The van der Waals surface area contributed by atoms with Gasteiger partial charge in [-0.3, -0.25) is 24.8 Å². The van der Waals surface area contributed by atoms with Crippen molar-refractivity contribution < 1.29 is 33.1 Å². The summed E-state index contributed by atoms with van der Waals surface area (Å²) < 4.78 is 15.4. The van der Waals surface area contributed by atoms with Gasteiger partial charge in [-0.15, -0.1) is 0 Å². The van der Waals surface area contributed by atoms with Crippen molar-refractivity contribution in [3.8, 4) is 0 Å². The maximum absolute atomic E-state index is 12.6. The molecule has 2 atom stereocenters. The Balaban J connectivity index is 1.29. The van der Waals surface area contributed by atoms with Gasteiger partial charge in [0.2, 0.25) is 5.91 Å². The van der Waals surface area contributed by atoms with Crippen molar-refractivity contribution in [1.82, 2.24) is 15.1 Å². The van der Waals surface area contributed by atoms with Gasteiger partial charge >= 0.3 is 12.1 Å². The summed E-state index contributed by atoms with van der Waals surface area (Å²) in [5.41, 5.74) is 1.37. The van der Waals surface area contributed by atoms with Gasteiger partial charge in [0.15, 0.2) is 0 Å². The third-order valence-corrected chi connectivity index (χ3v) is 6.26. The van der Waals surface area contributed by atoms with E-state index >= 15 is 0 Å². The van der Waals surface area contributed by atoms with Crippen LogP contribution in [0.2, 0.25) is 0 Å². The number of cyclic esters (lactones) is 1. The van der Waals surface area contributed by atoms with Crippen molar-refractivity contribution >= 4 is 35.4 Å². The van der Waals surface area contributed by atoms with Gasteiger partial charge in [0, 0.05) is 30.9 Å². The SMILES string of the molecule is CCOC(=O)C(C)N1CCN(CC2CN(c3ccc(C(=N)NC(=O)c4ccoc4)cc3)C(=O)O2)CC1=O. The molecule has 12 heteroatoms. The molecule has 3 amide bonds. The van der Waals surface area contributed by atoms with Crippen LogP contribution in [0.1, 0.15) is 29.8 Å². The van der Waals surface area contributed by atoms with Crippen LogP contribution in [0.3, 0.4) is 0 Å². The predicted octanol–water partition coefficient (Wildman–Crippen LogP) is 1.46. The first-order valence-corrected chi connectivity index (χ1v) is 12.0. The minimum absolute atomic E-state index is 0.0827. The molecule has 2 aliphatic rings. The molecule has 1 aromatic carbocycles. The van der Waals surface area contributed by atoms with Crippen LogP contribution >= 0.6 is 0 Å². The van der Waals surface area contributed by atoms with Gasteiger partial charge in [-0.25, -0.2) is 9.59 Å². The number of amidine groups is 1. The molecule has 37 heavy (non-hydrogen) atoms. The molecule has 0 spiro atoms. The number of rotatable bonds is 8. The average Bonchev–Trinajstić information content (AvgIpc) is 3.54. The van der Waals surface area contributed by atoms with E-state index in [-0.39, 0.29) is 24.9 Å². The molecule has 2 unspecified atom stereocenters. The highest BCUT2D eigenvalue weighted by Gasteiger charge is 2.37. The quantitative estimate of drug-likeness (QED) is 0.308. The lowest BCUT2D eigenvalue weighted by Crippen LogP contribution is -2.56. The first-order valence-electron chi connectivity index (χ1n) is 12.0. The number of benzene rings is 1. The maximum atomic E-state index is 12.6. The normalized spacial score (nSPS) is 18.9. The van der Waals surface area contributed by atoms with Crippen molar-refractivity contribution in [2.75, 3.05) is 44.2 Å². The number of nitrogens with one attached hydrogen (secondary N) is 2. The predicted molar refractivity (Wildman–Crippen MR) is 131 cm³/mol. The Morgan fingerprint density at radius 1 is 1.16 bits per heavy atom. The van der Waals surface area contributed by atoms with E-state index in [0.29, 0.717) is 43.0 Å². The fraction of sp³-hybridized carbons (Fsp3) is 0.400. The molecule has 2 N–H and O–H groups in total. The molecule has 0 aliphatic carbocycles. The first kappa shape index (κ1) is 25.9. The molecule has 2 saturated heterocycles. The number of nitrogens with zero attached hydrogens (tertiary/aromatic N) is 3. The molecule has 0 bridgehead atoms. The maximum Gasteiger partial charge on any atom is 0.414 e. The second-order valence-corrected chi connectivity index (χ2v) is 8.75. The summed E-state index contributed by atoms with van der Waals surface area (Å²) in [6, 6.07) is 7.49. The summed E-state index contributed by atoms with van der Waals surface area (Å²) in [5.74, 6) is -1.14. The van der Waals surface area contributed by atoms with E-state index in [1.54, 1.807) is 38.1 Å². The van der Waals surface area contributed by atoms with Crippen LogP contribution in [-0.4, -0.2) is 91.0 Å². The monoisotopic (exact) mass is 511 g/mol. The molecular formula is C25H29N5O7. The molecule has 4 rings (SSSR count). The Morgan fingerprint density at radius 2 is 1.92 bits per heavy atom. The third-order valence-electron chi connectivity index (χ3n) is 6.26. The van der Waals surface area contributed by atoms with Crippen LogP contribution in [-0.2, 0) is 19.1 Å². The number of carbonyl (C=O) groups excluding carboxylic acids is 4. The average molecular weight is 512 g/mol. The van der Waals surface area contributed by atoms with Gasteiger partial charge in [0.05, 0.1) is 31.5 Å². The van der Waals surface area contributed by atoms with E-state index in [4.69, 9.17) is 19.3 Å². The standard InChI is InChI=1S/C25H29N5O7/c1-3-36-24(33)16(2)29-10-9-28(14-21(29)31)12-20-13-30(25(34)37-20)19-6-4-17(5-7-19)22(26)27-23(32)18-8-11-35-15-18/h4-8,11,15-16,20H,3,9-10,12-14H2,1-2H3,(H2,26,27,32). The van der Waals surface area contributed by atoms with Crippen molar-refractivity contribution in [2.24, 2.45) is 0 Å². The number of ether oxygens (including phenoxy) is 2. The van der Waals surface area contributed by atoms with Crippen molar-refractivity contribution in [3.05, 3.63) is 54.0 Å². The van der Waals surface area contributed by atoms with E-state index in [1.807, 2.05) is 4.90 Å². The zero-order valence-corrected chi connectivity index (χ0v) is 20.6. The lowest BCUT2D eigenvalue weighted by molar-refractivity contribution is -0.156. The summed E-state index contributed by atoms with van der Waals surface area (Å²) in [4.78, 5) is 54.1. The summed E-state index contributed by atoms with van der Waals surface area (Å²) in [6.07, 6.45) is 1.74. The minimum atomic E-state index is -0.641. The summed E-state index contributed by atoms with van der Waals surface area (Å²) in [7, 11) is 0. The number of amides is 3. The smallest absolute Gasteiger partial charge is 0.414 e. The van der Waals surface area contributed by atoms with E-state index < -0.39 is 30.1 Å². The number of carbonyl (C=O) groups is 4. The Labute approximate surface area is 213 Å². The molecule has 1 aromatic heterocycles.